The van der Waals surface area contributed by atoms with Crippen LogP contribution in [0.1, 0.15) is 19.3 Å². The third-order valence-corrected chi connectivity index (χ3v) is 5.13. The number of carbonyl (C=O) groups is 2. The zero-order valence-corrected chi connectivity index (χ0v) is 14.9. The van der Waals surface area contributed by atoms with E-state index >= 15 is 0 Å². The van der Waals surface area contributed by atoms with Gasteiger partial charge in [-0.2, -0.15) is 0 Å². The number of rotatable bonds is 6. The van der Waals surface area contributed by atoms with Gasteiger partial charge in [0, 0.05) is 38.3 Å². The van der Waals surface area contributed by atoms with Crippen molar-refractivity contribution in [3.05, 3.63) is 42.7 Å². The van der Waals surface area contributed by atoms with Gasteiger partial charge in [-0.05, 0) is 43.0 Å². The van der Waals surface area contributed by atoms with Crippen molar-refractivity contribution in [3.63, 3.8) is 0 Å². The largest absolute Gasteiger partial charge is 0.377 e. The molecular formula is C20H25FN2O3. The third kappa shape index (κ3) is 4.30. The van der Waals surface area contributed by atoms with Gasteiger partial charge in [-0.1, -0.05) is 6.08 Å². The maximum absolute atomic E-state index is 13.1. The first kappa shape index (κ1) is 18.6. The average Bonchev–Trinajstić information content (AvgIpc) is 3.04. The van der Waals surface area contributed by atoms with Gasteiger partial charge in [0.25, 0.3) is 0 Å². The molecule has 0 spiro atoms. The summed E-state index contributed by atoms with van der Waals surface area (Å²) in [7, 11) is 0. The summed E-state index contributed by atoms with van der Waals surface area (Å²) in [6, 6.07) is 5.82. The molecule has 0 aliphatic carbocycles. The standard InChI is InChI=1S/C20H25FN2O3/c1-2-11-26-14-15-7-9-22(10-8-15)20(25)16-12-19(24)23(13-16)18-5-3-17(21)4-6-18/h2-6,15-16H,1,7-14H2. The average molecular weight is 360 g/mol. The Hall–Kier alpha value is -2.21. The molecule has 2 heterocycles. The first-order valence-corrected chi connectivity index (χ1v) is 9.12. The molecular weight excluding hydrogens is 335 g/mol. The van der Waals surface area contributed by atoms with E-state index in [9.17, 15) is 14.0 Å². The molecule has 0 aromatic heterocycles. The van der Waals surface area contributed by atoms with Crippen molar-refractivity contribution < 1.29 is 18.7 Å². The quantitative estimate of drug-likeness (QED) is 0.579. The summed E-state index contributed by atoms with van der Waals surface area (Å²) in [6.45, 7) is 6.68. The number of halogens is 1. The van der Waals surface area contributed by atoms with Crippen LogP contribution in [0.25, 0.3) is 0 Å². The van der Waals surface area contributed by atoms with Crippen molar-refractivity contribution in [1.29, 1.82) is 0 Å². The Balaban J connectivity index is 1.52. The maximum Gasteiger partial charge on any atom is 0.228 e. The summed E-state index contributed by atoms with van der Waals surface area (Å²) in [5.74, 6) is -0.218. The fourth-order valence-corrected chi connectivity index (χ4v) is 3.64. The second-order valence-corrected chi connectivity index (χ2v) is 6.98. The minimum absolute atomic E-state index is 0.0495. The first-order valence-electron chi connectivity index (χ1n) is 9.12. The smallest absolute Gasteiger partial charge is 0.228 e. The number of piperidine rings is 1. The van der Waals surface area contributed by atoms with Crippen LogP contribution in [0.5, 0.6) is 0 Å². The Labute approximate surface area is 153 Å². The van der Waals surface area contributed by atoms with Crippen LogP contribution in [0.15, 0.2) is 36.9 Å². The van der Waals surface area contributed by atoms with Gasteiger partial charge < -0.3 is 14.5 Å². The van der Waals surface area contributed by atoms with Gasteiger partial charge in [0.2, 0.25) is 11.8 Å². The van der Waals surface area contributed by atoms with Crippen LogP contribution in [-0.2, 0) is 14.3 Å². The molecule has 6 heteroatoms. The molecule has 2 saturated heterocycles. The van der Waals surface area contributed by atoms with Crippen LogP contribution < -0.4 is 4.90 Å². The number of likely N-dealkylation sites (tertiary alicyclic amines) is 1. The topological polar surface area (TPSA) is 49.9 Å². The molecule has 1 aromatic carbocycles. The minimum atomic E-state index is -0.340. The number of amides is 2. The van der Waals surface area contributed by atoms with Crippen molar-refractivity contribution in [2.75, 3.05) is 37.7 Å². The highest BCUT2D eigenvalue weighted by Crippen LogP contribution is 2.28. The van der Waals surface area contributed by atoms with Crippen LogP contribution in [0, 0.1) is 17.7 Å². The highest BCUT2D eigenvalue weighted by Gasteiger charge is 2.38. The molecule has 26 heavy (non-hydrogen) atoms. The van der Waals surface area contributed by atoms with Crippen molar-refractivity contribution in [1.82, 2.24) is 4.90 Å². The molecule has 0 saturated carbocycles. The van der Waals surface area contributed by atoms with E-state index in [0.29, 0.717) is 44.5 Å². The summed E-state index contributed by atoms with van der Waals surface area (Å²) in [5, 5.41) is 0. The van der Waals surface area contributed by atoms with E-state index in [4.69, 9.17) is 4.74 Å². The van der Waals surface area contributed by atoms with Gasteiger partial charge >= 0.3 is 0 Å². The number of benzene rings is 1. The maximum atomic E-state index is 13.1. The van der Waals surface area contributed by atoms with Gasteiger partial charge in [-0.25, -0.2) is 4.39 Å². The predicted octanol–water partition coefficient (Wildman–Crippen LogP) is 2.62. The van der Waals surface area contributed by atoms with Gasteiger partial charge in [-0.3, -0.25) is 9.59 Å². The Morgan fingerprint density at radius 1 is 1.27 bits per heavy atom. The van der Waals surface area contributed by atoms with E-state index in [2.05, 4.69) is 6.58 Å². The number of ether oxygens (including phenoxy) is 1. The molecule has 1 atom stereocenters. The zero-order valence-electron chi connectivity index (χ0n) is 14.9. The second kappa shape index (κ2) is 8.45. The van der Waals surface area contributed by atoms with Gasteiger partial charge in [0.05, 0.1) is 12.5 Å². The van der Waals surface area contributed by atoms with Crippen LogP contribution in [0.4, 0.5) is 10.1 Å². The summed E-state index contributed by atoms with van der Waals surface area (Å²) in [5.41, 5.74) is 0.643. The van der Waals surface area contributed by atoms with Crippen LogP contribution >= 0.6 is 0 Å². The van der Waals surface area contributed by atoms with E-state index in [-0.39, 0.29) is 30.0 Å². The summed E-state index contributed by atoms with van der Waals surface area (Å²) in [6.07, 6.45) is 3.80. The molecule has 2 aliphatic heterocycles. The molecule has 2 fully saturated rings. The Morgan fingerprint density at radius 2 is 1.96 bits per heavy atom. The fraction of sp³-hybridized carbons (Fsp3) is 0.500. The van der Waals surface area contributed by atoms with Crippen molar-refractivity contribution in [3.8, 4) is 0 Å². The Morgan fingerprint density at radius 3 is 2.62 bits per heavy atom. The van der Waals surface area contributed by atoms with Crippen LogP contribution in [0.2, 0.25) is 0 Å². The summed E-state index contributed by atoms with van der Waals surface area (Å²) < 4.78 is 18.6. The van der Waals surface area contributed by atoms with E-state index < -0.39 is 0 Å². The Kier molecular flexibility index (Phi) is 6.04. The fourth-order valence-electron chi connectivity index (χ4n) is 3.64. The predicted molar refractivity (Wildman–Crippen MR) is 97.2 cm³/mol. The molecule has 1 aromatic rings. The monoisotopic (exact) mass is 360 g/mol. The summed E-state index contributed by atoms with van der Waals surface area (Å²) >= 11 is 0. The SMILES string of the molecule is C=CCOCC1CCN(C(=O)C2CC(=O)N(c3ccc(F)cc3)C2)CC1. The second-order valence-electron chi connectivity index (χ2n) is 6.98. The molecule has 5 nitrogen and oxygen atoms in total. The van der Waals surface area contributed by atoms with E-state index in [0.717, 1.165) is 12.8 Å². The summed E-state index contributed by atoms with van der Waals surface area (Å²) in [4.78, 5) is 28.5. The lowest BCUT2D eigenvalue weighted by Crippen LogP contribution is -2.43. The van der Waals surface area contributed by atoms with Crippen molar-refractivity contribution in [2.45, 2.75) is 19.3 Å². The number of anilines is 1. The lowest BCUT2D eigenvalue weighted by Gasteiger charge is -2.33. The molecule has 1 unspecified atom stereocenters. The Bertz CT molecular complexity index is 654. The third-order valence-electron chi connectivity index (χ3n) is 5.13. The molecule has 2 aliphatic rings. The van der Waals surface area contributed by atoms with Crippen molar-refractivity contribution in [2.24, 2.45) is 11.8 Å². The lowest BCUT2D eigenvalue weighted by molar-refractivity contribution is -0.137. The van der Waals surface area contributed by atoms with E-state index in [1.165, 1.54) is 12.1 Å². The van der Waals surface area contributed by atoms with Gasteiger partial charge in [-0.15, -0.1) is 6.58 Å². The van der Waals surface area contributed by atoms with Gasteiger partial charge in [0.15, 0.2) is 0 Å². The number of carbonyl (C=O) groups excluding carboxylic acids is 2. The van der Waals surface area contributed by atoms with Crippen LogP contribution in [0.3, 0.4) is 0 Å². The van der Waals surface area contributed by atoms with Crippen molar-refractivity contribution >= 4 is 17.5 Å². The molecule has 0 N–H and O–H groups in total. The highest BCUT2D eigenvalue weighted by atomic mass is 19.1. The molecule has 0 bridgehead atoms. The van der Waals surface area contributed by atoms with E-state index in [1.807, 2.05) is 4.90 Å². The molecule has 0 radical (unpaired) electrons. The number of hydrogen-bond donors (Lipinski definition) is 0. The molecule has 2 amide bonds. The molecule has 140 valence electrons. The lowest BCUT2D eigenvalue weighted by atomic mass is 9.96. The van der Waals surface area contributed by atoms with E-state index in [1.54, 1.807) is 23.1 Å². The zero-order chi connectivity index (χ0) is 18.5. The normalized spacial score (nSPS) is 21.3. The number of hydrogen-bond acceptors (Lipinski definition) is 3. The highest BCUT2D eigenvalue weighted by molar-refractivity contribution is 6.00. The van der Waals surface area contributed by atoms with Gasteiger partial charge in [0.1, 0.15) is 5.82 Å². The first-order chi connectivity index (χ1) is 12.6. The molecule has 3 rings (SSSR count). The van der Waals surface area contributed by atoms with Crippen LogP contribution in [-0.4, -0.2) is 49.6 Å². The minimum Gasteiger partial charge on any atom is -0.377 e. The number of nitrogens with zero attached hydrogens (tertiary/aromatic N) is 2.